The zero-order valence-electron chi connectivity index (χ0n) is 17.9. The lowest BCUT2D eigenvalue weighted by Gasteiger charge is -2.22. The molecule has 172 valence electrons. The van der Waals surface area contributed by atoms with Gasteiger partial charge in [0.15, 0.2) is 5.96 Å². The van der Waals surface area contributed by atoms with Crippen LogP contribution in [0.15, 0.2) is 47.6 Å². The molecule has 10 heteroatoms. The second-order valence-electron chi connectivity index (χ2n) is 6.39. The molecule has 1 aromatic heterocycles. The van der Waals surface area contributed by atoms with Crippen LogP contribution in [0.5, 0.6) is 11.6 Å². The second-order valence-corrected chi connectivity index (χ2v) is 6.39. The number of ether oxygens (including phenoxy) is 3. The van der Waals surface area contributed by atoms with Gasteiger partial charge in [0.05, 0.1) is 13.2 Å². The first-order chi connectivity index (χ1) is 14.5. The highest BCUT2D eigenvalue weighted by atomic mass is 127. The largest absolute Gasteiger partial charge is 0.475 e. The second kappa shape index (κ2) is 14.7. The molecule has 0 atom stereocenters. The number of guanidine groups is 1. The Morgan fingerprint density at radius 1 is 1.13 bits per heavy atom. The number of hydrogen-bond acceptors (Lipinski definition) is 5. The first kappa shape index (κ1) is 26.8. The maximum atomic E-state index is 12.3. The Kier molecular flexibility index (Phi) is 12.8. The fourth-order valence-corrected chi connectivity index (χ4v) is 2.58. The molecule has 0 aliphatic heterocycles. The number of pyridine rings is 1. The number of halogens is 3. The van der Waals surface area contributed by atoms with Crippen molar-refractivity contribution in [2.75, 3.05) is 33.9 Å². The number of rotatable bonds is 11. The highest BCUT2D eigenvalue weighted by Gasteiger charge is 2.08. The number of aromatic nitrogens is 1. The van der Waals surface area contributed by atoms with Gasteiger partial charge in [-0.3, -0.25) is 0 Å². The average molecular weight is 550 g/mol. The molecule has 1 heterocycles. The molecule has 7 nitrogen and oxygen atoms in total. The highest BCUT2D eigenvalue weighted by Crippen LogP contribution is 2.16. The third kappa shape index (κ3) is 10.1. The Bertz CT molecular complexity index is 777. The van der Waals surface area contributed by atoms with Gasteiger partial charge in [0.2, 0.25) is 5.88 Å². The molecule has 0 unspecified atom stereocenters. The lowest BCUT2D eigenvalue weighted by molar-refractivity contribution is -0.0498. The van der Waals surface area contributed by atoms with E-state index in [4.69, 9.17) is 9.47 Å². The van der Waals surface area contributed by atoms with E-state index in [0.29, 0.717) is 32.2 Å². The van der Waals surface area contributed by atoms with Gasteiger partial charge in [-0.2, -0.15) is 8.78 Å². The van der Waals surface area contributed by atoms with Gasteiger partial charge >= 0.3 is 6.61 Å². The van der Waals surface area contributed by atoms with Crippen LogP contribution in [0.1, 0.15) is 18.1 Å². The van der Waals surface area contributed by atoms with Gasteiger partial charge in [-0.15, -0.1) is 24.0 Å². The van der Waals surface area contributed by atoms with Crippen molar-refractivity contribution in [3.63, 3.8) is 0 Å². The molecule has 0 bridgehead atoms. The Labute approximate surface area is 198 Å². The molecule has 1 N–H and O–H groups in total. The van der Waals surface area contributed by atoms with Crippen molar-refractivity contribution < 1.29 is 23.0 Å². The molecule has 0 aliphatic carbocycles. The van der Waals surface area contributed by atoms with Gasteiger partial charge in [0, 0.05) is 39.5 Å². The molecule has 1 aromatic carbocycles. The molecular formula is C21H29F2IN4O3. The minimum atomic E-state index is -2.83. The molecule has 2 rings (SSSR count). The SMILES string of the molecule is CCNC(=NCc1ccc(OCCOC)nc1)N(C)Cc1ccc(OC(F)F)cc1.I. The van der Waals surface area contributed by atoms with Crippen molar-refractivity contribution in [2.24, 2.45) is 4.99 Å². The van der Waals surface area contributed by atoms with Crippen molar-refractivity contribution in [3.05, 3.63) is 53.7 Å². The van der Waals surface area contributed by atoms with Crippen molar-refractivity contribution in [3.8, 4) is 11.6 Å². The van der Waals surface area contributed by atoms with Crippen molar-refractivity contribution >= 4 is 29.9 Å². The molecule has 0 radical (unpaired) electrons. The smallest absolute Gasteiger partial charge is 0.387 e. The summed E-state index contributed by atoms with van der Waals surface area (Å²) in [5.74, 6) is 1.41. The predicted molar refractivity (Wildman–Crippen MR) is 126 cm³/mol. The lowest BCUT2D eigenvalue weighted by Crippen LogP contribution is -2.38. The Balaban J connectivity index is 0.00000480. The Morgan fingerprint density at radius 3 is 2.42 bits per heavy atom. The van der Waals surface area contributed by atoms with Crippen LogP contribution in [0.25, 0.3) is 0 Å². The van der Waals surface area contributed by atoms with Crippen LogP contribution in [0.4, 0.5) is 8.78 Å². The fraction of sp³-hybridized carbons (Fsp3) is 0.429. The van der Waals surface area contributed by atoms with E-state index in [1.54, 1.807) is 31.5 Å². The van der Waals surface area contributed by atoms with Crippen LogP contribution in [0.3, 0.4) is 0 Å². The summed E-state index contributed by atoms with van der Waals surface area (Å²) in [4.78, 5) is 10.9. The van der Waals surface area contributed by atoms with Crippen LogP contribution in [-0.2, 0) is 17.8 Å². The summed E-state index contributed by atoms with van der Waals surface area (Å²) in [7, 11) is 3.53. The van der Waals surface area contributed by atoms with Crippen LogP contribution in [-0.4, -0.2) is 56.4 Å². The zero-order valence-corrected chi connectivity index (χ0v) is 20.2. The first-order valence-electron chi connectivity index (χ1n) is 9.61. The average Bonchev–Trinajstić information content (AvgIpc) is 2.73. The molecule has 0 fully saturated rings. The number of nitrogens with one attached hydrogen (secondary N) is 1. The first-order valence-corrected chi connectivity index (χ1v) is 9.61. The van der Waals surface area contributed by atoms with E-state index in [0.717, 1.165) is 23.6 Å². The van der Waals surface area contributed by atoms with E-state index in [9.17, 15) is 8.78 Å². The summed E-state index contributed by atoms with van der Waals surface area (Å²) in [6.45, 7) is 1.86. The number of alkyl halides is 2. The van der Waals surface area contributed by atoms with Gasteiger partial charge in [0.1, 0.15) is 12.4 Å². The van der Waals surface area contributed by atoms with E-state index in [-0.39, 0.29) is 29.7 Å². The number of nitrogens with zero attached hydrogens (tertiary/aromatic N) is 3. The van der Waals surface area contributed by atoms with Crippen molar-refractivity contribution in [1.29, 1.82) is 0 Å². The fourth-order valence-electron chi connectivity index (χ4n) is 2.58. The van der Waals surface area contributed by atoms with Gasteiger partial charge in [0.25, 0.3) is 0 Å². The van der Waals surface area contributed by atoms with Gasteiger partial charge in [-0.1, -0.05) is 18.2 Å². The van der Waals surface area contributed by atoms with Crippen molar-refractivity contribution in [1.82, 2.24) is 15.2 Å². The van der Waals surface area contributed by atoms with Crippen LogP contribution in [0.2, 0.25) is 0 Å². The molecular weight excluding hydrogens is 521 g/mol. The summed E-state index contributed by atoms with van der Waals surface area (Å²) in [5, 5.41) is 3.25. The third-order valence-electron chi connectivity index (χ3n) is 4.01. The summed E-state index contributed by atoms with van der Waals surface area (Å²) in [5.41, 5.74) is 1.90. The minimum absolute atomic E-state index is 0. The standard InChI is InChI=1S/C21H28F2N4O3.HI/c1-4-24-21(26-14-17-7-10-19(25-13-17)29-12-11-28-3)27(2)15-16-5-8-18(9-6-16)30-20(22)23;/h5-10,13,20H,4,11-12,14-15H2,1-3H3,(H,24,26);1H. The topological polar surface area (TPSA) is 68.2 Å². The molecule has 31 heavy (non-hydrogen) atoms. The summed E-state index contributed by atoms with van der Waals surface area (Å²) in [6.07, 6.45) is 1.73. The normalized spacial score (nSPS) is 11.1. The maximum Gasteiger partial charge on any atom is 0.387 e. The monoisotopic (exact) mass is 550 g/mol. The quantitative estimate of drug-likeness (QED) is 0.198. The van der Waals surface area contributed by atoms with Crippen molar-refractivity contribution in [2.45, 2.75) is 26.6 Å². The van der Waals surface area contributed by atoms with Crippen LogP contribution < -0.4 is 14.8 Å². The number of methoxy groups -OCH3 is 1. The van der Waals surface area contributed by atoms with E-state index in [1.165, 1.54) is 12.1 Å². The predicted octanol–water partition coefficient (Wildman–Crippen LogP) is 3.92. The Morgan fingerprint density at radius 2 is 1.84 bits per heavy atom. The molecule has 0 aliphatic rings. The number of hydrogen-bond donors (Lipinski definition) is 1. The number of benzene rings is 1. The van der Waals surface area contributed by atoms with Gasteiger partial charge in [-0.05, 0) is 30.2 Å². The Hall–Kier alpha value is -2.21. The molecule has 0 saturated heterocycles. The zero-order chi connectivity index (χ0) is 21.8. The summed E-state index contributed by atoms with van der Waals surface area (Å²) >= 11 is 0. The van der Waals surface area contributed by atoms with Gasteiger partial charge < -0.3 is 24.4 Å². The minimum Gasteiger partial charge on any atom is -0.475 e. The van der Waals surface area contributed by atoms with E-state index in [1.807, 2.05) is 24.9 Å². The lowest BCUT2D eigenvalue weighted by atomic mass is 10.2. The summed E-state index contributed by atoms with van der Waals surface area (Å²) < 4.78 is 39.3. The third-order valence-corrected chi connectivity index (χ3v) is 4.01. The number of aliphatic imine (C=N–C) groups is 1. The van der Waals surface area contributed by atoms with E-state index < -0.39 is 6.61 Å². The molecule has 0 saturated carbocycles. The molecule has 2 aromatic rings. The summed E-state index contributed by atoms with van der Waals surface area (Å²) in [6, 6.07) is 10.3. The van der Waals surface area contributed by atoms with Gasteiger partial charge in [-0.25, -0.2) is 9.98 Å². The molecule has 0 spiro atoms. The maximum absolute atomic E-state index is 12.3. The highest BCUT2D eigenvalue weighted by molar-refractivity contribution is 14.0. The molecule has 0 amide bonds. The van der Waals surface area contributed by atoms with Crippen LogP contribution in [0, 0.1) is 0 Å². The van der Waals surface area contributed by atoms with E-state index >= 15 is 0 Å². The van der Waals surface area contributed by atoms with E-state index in [2.05, 4.69) is 20.0 Å². The van der Waals surface area contributed by atoms with Crippen LogP contribution >= 0.6 is 24.0 Å².